The summed E-state index contributed by atoms with van der Waals surface area (Å²) < 4.78 is 31.6. The molecule has 1 aromatic carbocycles. The highest BCUT2D eigenvalue weighted by molar-refractivity contribution is 5.16. The van der Waals surface area contributed by atoms with E-state index in [-0.39, 0.29) is 6.10 Å². The van der Waals surface area contributed by atoms with Crippen LogP contribution in [0, 0.1) is 17.6 Å². The molecule has 0 aliphatic heterocycles. The van der Waals surface area contributed by atoms with Gasteiger partial charge in [0.2, 0.25) is 0 Å². The van der Waals surface area contributed by atoms with E-state index in [1.165, 1.54) is 12.5 Å². The number of halogens is 2. The molecule has 0 aromatic heterocycles. The van der Waals surface area contributed by atoms with E-state index in [1.807, 2.05) is 0 Å². The molecule has 1 aliphatic carbocycles. The summed E-state index contributed by atoms with van der Waals surface area (Å²) in [6.45, 7) is 0.945. The smallest absolute Gasteiger partial charge is 0.159 e. The zero-order valence-electron chi connectivity index (χ0n) is 10.4. The lowest BCUT2D eigenvalue weighted by Crippen LogP contribution is -2.33. The van der Waals surface area contributed by atoms with Crippen molar-refractivity contribution < 1.29 is 13.5 Å². The first-order chi connectivity index (χ1) is 8.70. The first-order valence-electron chi connectivity index (χ1n) is 6.46. The fourth-order valence-electron chi connectivity index (χ4n) is 2.50. The van der Waals surface area contributed by atoms with Gasteiger partial charge in [-0.1, -0.05) is 18.9 Å². The molecule has 100 valence electrons. The molecule has 2 atom stereocenters. The van der Waals surface area contributed by atoms with E-state index < -0.39 is 11.6 Å². The van der Waals surface area contributed by atoms with Crippen molar-refractivity contribution >= 4 is 0 Å². The molecule has 2 nitrogen and oxygen atoms in total. The standard InChI is InChI=1S/C14H19F2NO/c15-12-6-5-10(7-13(12)16)9-18-14-4-2-1-3-11(14)8-17/h5-7,11,14H,1-4,8-9,17H2. The van der Waals surface area contributed by atoms with Crippen molar-refractivity contribution in [2.75, 3.05) is 6.54 Å². The van der Waals surface area contributed by atoms with Crippen LogP contribution in [-0.4, -0.2) is 12.6 Å². The summed E-state index contributed by atoms with van der Waals surface area (Å²) in [6, 6.07) is 3.88. The van der Waals surface area contributed by atoms with Gasteiger partial charge in [-0.3, -0.25) is 0 Å². The van der Waals surface area contributed by atoms with Crippen LogP contribution >= 0.6 is 0 Å². The number of nitrogens with two attached hydrogens (primary N) is 1. The molecule has 2 unspecified atom stereocenters. The number of hydrogen-bond donors (Lipinski definition) is 1. The van der Waals surface area contributed by atoms with Crippen LogP contribution in [0.3, 0.4) is 0 Å². The van der Waals surface area contributed by atoms with Crippen LogP contribution in [0.2, 0.25) is 0 Å². The van der Waals surface area contributed by atoms with Crippen molar-refractivity contribution in [1.82, 2.24) is 0 Å². The van der Waals surface area contributed by atoms with Crippen molar-refractivity contribution in [3.8, 4) is 0 Å². The van der Waals surface area contributed by atoms with Gasteiger partial charge in [-0.2, -0.15) is 0 Å². The molecule has 1 aliphatic rings. The van der Waals surface area contributed by atoms with Gasteiger partial charge in [0, 0.05) is 0 Å². The van der Waals surface area contributed by atoms with Crippen LogP contribution in [-0.2, 0) is 11.3 Å². The molecule has 0 saturated heterocycles. The Morgan fingerprint density at radius 2 is 1.94 bits per heavy atom. The lowest BCUT2D eigenvalue weighted by molar-refractivity contribution is -0.0184. The van der Waals surface area contributed by atoms with E-state index in [9.17, 15) is 8.78 Å². The van der Waals surface area contributed by atoms with E-state index in [4.69, 9.17) is 10.5 Å². The predicted molar refractivity (Wildman–Crippen MR) is 65.9 cm³/mol. The normalized spacial score (nSPS) is 24.2. The van der Waals surface area contributed by atoms with Crippen molar-refractivity contribution in [2.24, 2.45) is 11.7 Å². The Labute approximate surface area is 106 Å². The summed E-state index contributed by atoms with van der Waals surface area (Å²) in [4.78, 5) is 0. The molecule has 0 heterocycles. The molecule has 1 aromatic rings. The summed E-state index contributed by atoms with van der Waals surface area (Å²) in [5.41, 5.74) is 6.38. The van der Waals surface area contributed by atoms with Gasteiger partial charge >= 0.3 is 0 Å². The molecule has 1 saturated carbocycles. The van der Waals surface area contributed by atoms with Crippen LogP contribution in [0.5, 0.6) is 0 Å². The zero-order valence-corrected chi connectivity index (χ0v) is 10.4. The number of ether oxygens (including phenoxy) is 1. The molecule has 0 amide bonds. The second-order valence-electron chi connectivity index (χ2n) is 4.88. The van der Waals surface area contributed by atoms with E-state index in [1.54, 1.807) is 6.07 Å². The van der Waals surface area contributed by atoms with Crippen LogP contribution in [0.1, 0.15) is 31.2 Å². The van der Waals surface area contributed by atoms with E-state index in [0.717, 1.165) is 25.3 Å². The summed E-state index contributed by atoms with van der Waals surface area (Å²) >= 11 is 0. The summed E-state index contributed by atoms with van der Waals surface area (Å²) in [7, 11) is 0. The molecule has 18 heavy (non-hydrogen) atoms. The van der Waals surface area contributed by atoms with Crippen molar-refractivity contribution in [1.29, 1.82) is 0 Å². The van der Waals surface area contributed by atoms with Crippen LogP contribution < -0.4 is 5.73 Å². The zero-order chi connectivity index (χ0) is 13.0. The molecule has 0 bridgehead atoms. The van der Waals surface area contributed by atoms with Crippen LogP contribution in [0.15, 0.2) is 18.2 Å². The second kappa shape index (κ2) is 6.25. The second-order valence-corrected chi connectivity index (χ2v) is 4.88. The Balaban J connectivity index is 1.91. The van der Waals surface area contributed by atoms with E-state index in [2.05, 4.69) is 0 Å². The fraction of sp³-hybridized carbons (Fsp3) is 0.571. The monoisotopic (exact) mass is 255 g/mol. The van der Waals surface area contributed by atoms with Gasteiger partial charge in [0.25, 0.3) is 0 Å². The summed E-state index contributed by atoms with van der Waals surface area (Å²) in [5, 5.41) is 0. The first-order valence-corrected chi connectivity index (χ1v) is 6.46. The lowest BCUT2D eigenvalue weighted by Gasteiger charge is -2.30. The highest BCUT2D eigenvalue weighted by Gasteiger charge is 2.24. The molecular formula is C14H19F2NO. The van der Waals surface area contributed by atoms with E-state index >= 15 is 0 Å². The molecule has 2 N–H and O–H groups in total. The van der Waals surface area contributed by atoms with E-state index in [0.29, 0.717) is 24.6 Å². The molecule has 4 heteroatoms. The SMILES string of the molecule is NCC1CCCCC1OCc1ccc(F)c(F)c1. The maximum atomic E-state index is 13.0. The van der Waals surface area contributed by atoms with Gasteiger partial charge in [0.1, 0.15) is 0 Å². The predicted octanol–water partition coefficient (Wildman–Crippen LogP) is 3.00. The highest BCUT2D eigenvalue weighted by atomic mass is 19.2. The topological polar surface area (TPSA) is 35.2 Å². The number of hydrogen-bond acceptors (Lipinski definition) is 2. The minimum Gasteiger partial charge on any atom is -0.373 e. The third-order valence-electron chi connectivity index (χ3n) is 3.59. The molecular weight excluding hydrogens is 236 g/mol. The largest absolute Gasteiger partial charge is 0.373 e. The third-order valence-corrected chi connectivity index (χ3v) is 3.59. The minimum atomic E-state index is -0.824. The van der Waals surface area contributed by atoms with Crippen molar-refractivity contribution in [2.45, 2.75) is 38.4 Å². The van der Waals surface area contributed by atoms with Crippen LogP contribution in [0.4, 0.5) is 8.78 Å². The van der Waals surface area contributed by atoms with Gasteiger partial charge in [0.15, 0.2) is 11.6 Å². The first kappa shape index (κ1) is 13.4. The maximum Gasteiger partial charge on any atom is 0.159 e. The quantitative estimate of drug-likeness (QED) is 0.897. The highest BCUT2D eigenvalue weighted by Crippen LogP contribution is 2.27. The molecule has 0 spiro atoms. The molecule has 0 radical (unpaired) electrons. The minimum absolute atomic E-state index is 0.150. The molecule has 1 fully saturated rings. The Kier molecular flexibility index (Phi) is 4.66. The average Bonchev–Trinajstić information content (AvgIpc) is 2.40. The summed E-state index contributed by atoms with van der Waals surface area (Å²) in [5.74, 6) is -1.25. The summed E-state index contributed by atoms with van der Waals surface area (Å²) in [6.07, 6.45) is 4.60. The fourth-order valence-corrected chi connectivity index (χ4v) is 2.50. The maximum absolute atomic E-state index is 13.0. The molecule has 2 rings (SSSR count). The Bertz CT molecular complexity index is 397. The van der Waals surface area contributed by atoms with Crippen molar-refractivity contribution in [3.05, 3.63) is 35.4 Å². The lowest BCUT2D eigenvalue weighted by atomic mass is 9.86. The van der Waals surface area contributed by atoms with Gasteiger partial charge in [-0.15, -0.1) is 0 Å². The third kappa shape index (κ3) is 3.27. The Hall–Kier alpha value is -1.00. The van der Waals surface area contributed by atoms with Gasteiger partial charge < -0.3 is 10.5 Å². The Morgan fingerprint density at radius 1 is 1.17 bits per heavy atom. The van der Waals surface area contributed by atoms with Gasteiger partial charge in [-0.05, 0) is 43.0 Å². The number of benzene rings is 1. The van der Waals surface area contributed by atoms with Crippen molar-refractivity contribution in [3.63, 3.8) is 0 Å². The van der Waals surface area contributed by atoms with Gasteiger partial charge in [-0.25, -0.2) is 8.78 Å². The van der Waals surface area contributed by atoms with Gasteiger partial charge in [0.05, 0.1) is 12.7 Å². The number of rotatable bonds is 4. The van der Waals surface area contributed by atoms with Crippen LogP contribution in [0.25, 0.3) is 0 Å². The Morgan fingerprint density at radius 3 is 2.67 bits per heavy atom. The average molecular weight is 255 g/mol.